The average molecular weight is 1590 g/mol. The number of hydrogen-bond acceptors (Lipinski definition) is 19. The number of nitrogens with zero attached hydrogens (tertiary/aromatic N) is 3. The second kappa shape index (κ2) is 44.4. The molecular weight excluding hydrogens is 1470 g/mol. The second-order valence-corrected chi connectivity index (χ2v) is 30.8. The molecule has 2 aliphatic rings. The highest BCUT2D eigenvalue weighted by Gasteiger charge is 2.45. The summed E-state index contributed by atoms with van der Waals surface area (Å²) in [5.41, 5.74) is 9.91. The third-order valence-corrected chi connectivity index (χ3v) is 21.3. The lowest BCUT2D eigenvalue weighted by molar-refractivity contribution is -0.148. The Labute approximate surface area is 666 Å². The van der Waals surface area contributed by atoms with Crippen LogP contribution >= 0.6 is 11.3 Å². The van der Waals surface area contributed by atoms with Crippen molar-refractivity contribution in [3.05, 3.63) is 142 Å². The number of fused-ring (bicyclic) bond motifs is 3. The third-order valence-electron chi connectivity index (χ3n) is 20.5. The van der Waals surface area contributed by atoms with Crippen molar-refractivity contribution in [2.75, 3.05) is 79.3 Å². The van der Waals surface area contributed by atoms with Gasteiger partial charge in [-0.25, -0.2) is 19.4 Å². The van der Waals surface area contributed by atoms with E-state index in [1.54, 1.807) is 65.1 Å². The van der Waals surface area contributed by atoms with Crippen molar-refractivity contribution in [3.63, 3.8) is 0 Å². The molecule has 5 aromatic rings. The van der Waals surface area contributed by atoms with E-state index in [0.717, 1.165) is 32.8 Å². The number of likely N-dealkylation sites (N-methyl/N-ethyl adjacent to an activating group) is 1. The summed E-state index contributed by atoms with van der Waals surface area (Å²) in [4.78, 5) is 157. The molecule has 1 aliphatic heterocycles. The van der Waals surface area contributed by atoms with Crippen molar-refractivity contribution in [2.24, 2.45) is 29.4 Å². The van der Waals surface area contributed by atoms with E-state index >= 15 is 0 Å². The van der Waals surface area contributed by atoms with Crippen molar-refractivity contribution in [2.45, 2.75) is 187 Å². The number of carbonyl (C=O) groups excluding carboxylic acids is 11. The summed E-state index contributed by atoms with van der Waals surface area (Å²) >= 11 is 1.46. The molecule has 0 bridgehead atoms. The van der Waals surface area contributed by atoms with Crippen LogP contribution in [-0.2, 0) is 79.8 Å². The first-order valence-corrected chi connectivity index (χ1v) is 39.5. The number of likely N-dealkylation sites (tertiary alicyclic amines) is 1. The van der Waals surface area contributed by atoms with Gasteiger partial charge in [-0.1, -0.05) is 146 Å². The lowest BCUT2D eigenvalue weighted by Gasteiger charge is -2.41. The molecule has 1 aromatic heterocycles. The van der Waals surface area contributed by atoms with E-state index in [-0.39, 0.29) is 107 Å². The first kappa shape index (κ1) is 90.1. The number of nitrogens with two attached hydrogens (primary N) is 1. The maximum absolute atomic E-state index is 14.8. The van der Waals surface area contributed by atoms with E-state index in [1.165, 1.54) is 56.3 Å². The van der Waals surface area contributed by atoms with Gasteiger partial charge in [0.2, 0.25) is 47.3 Å². The highest BCUT2D eigenvalue weighted by Crippen LogP contribution is 2.44. The molecule has 7 rings (SSSR count). The molecule has 0 saturated carbocycles. The molecule has 11 atom stereocenters. The van der Waals surface area contributed by atoms with E-state index in [4.69, 9.17) is 34.2 Å². The van der Waals surface area contributed by atoms with Crippen molar-refractivity contribution in [3.8, 4) is 11.1 Å². The topological polar surface area (TPSA) is 397 Å². The van der Waals surface area contributed by atoms with Crippen LogP contribution in [0.5, 0.6) is 0 Å². The number of amides is 12. The highest BCUT2D eigenvalue weighted by atomic mass is 32.1. The van der Waals surface area contributed by atoms with Crippen LogP contribution < -0.4 is 53.6 Å². The van der Waals surface area contributed by atoms with Crippen molar-refractivity contribution >= 4 is 82.5 Å². The van der Waals surface area contributed by atoms with Crippen LogP contribution in [0.15, 0.2) is 115 Å². The molecule has 0 spiro atoms. The summed E-state index contributed by atoms with van der Waals surface area (Å²) in [5.74, 6) is -6.14. The number of methoxy groups -OCH3 is 2. The van der Waals surface area contributed by atoms with Gasteiger partial charge in [-0.05, 0) is 109 Å². The number of nitrogens with one attached hydrogen (secondary N) is 9. The van der Waals surface area contributed by atoms with E-state index in [2.05, 4.69) is 65.0 Å². The number of anilines is 1. The molecule has 1 fully saturated rings. The number of benzene rings is 4. The Morgan fingerprint density at radius 3 is 1.95 bits per heavy atom. The molecule has 616 valence electrons. The molecule has 113 heavy (non-hydrogen) atoms. The molecule has 30 nitrogen and oxygen atoms in total. The number of urea groups is 1. The first-order chi connectivity index (χ1) is 54.0. The Kier molecular flexibility index (Phi) is 35.4. The Hall–Kier alpha value is -10.1. The smallest absolute Gasteiger partial charge is 0.408 e. The fraction of sp³-hybridized carbons (Fsp3) is 0.537. The van der Waals surface area contributed by atoms with Gasteiger partial charge >= 0.3 is 18.2 Å². The maximum atomic E-state index is 14.8. The van der Waals surface area contributed by atoms with E-state index < -0.39 is 125 Å². The van der Waals surface area contributed by atoms with Gasteiger partial charge in [0.1, 0.15) is 47.9 Å². The normalized spacial score (nSPS) is 15.9. The molecule has 31 heteroatoms. The van der Waals surface area contributed by atoms with Gasteiger partial charge in [0.05, 0.1) is 69.1 Å². The second-order valence-electron chi connectivity index (χ2n) is 29.8. The van der Waals surface area contributed by atoms with E-state index in [1.807, 2.05) is 92.9 Å². The Morgan fingerprint density at radius 1 is 0.681 bits per heavy atom. The number of alkyl carbamates (subject to hydrolysis) is 2. The number of carbonyl (C=O) groups is 11. The number of ether oxygens (including phenoxy) is 6. The number of thiazole rings is 1. The van der Waals surface area contributed by atoms with E-state index in [9.17, 15) is 52.7 Å². The number of rotatable bonds is 44. The molecule has 0 unspecified atom stereocenters. The minimum Gasteiger partial charge on any atom is -0.449 e. The number of aromatic nitrogens is 1. The molecule has 12 amide bonds. The summed E-state index contributed by atoms with van der Waals surface area (Å²) < 4.78 is 34.6. The van der Waals surface area contributed by atoms with Crippen LogP contribution in [0.25, 0.3) is 11.1 Å². The fourth-order valence-corrected chi connectivity index (χ4v) is 14.8. The number of hydrogen-bond donors (Lipinski definition) is 10. The zero-order chi connectivity index (χ0) is 82.5. The molecule has 11 N–H and O–H groups in total. The zero-order valence-corrected chi connectivity index (χ0v) is 68.0. The molecule has 4 aromatic carbocycles. The maximum Gasteiger partial charge on any atom is 0.408 e. The minimum absolute atomic E-state index is 0.00763. The molecule has 1 saturated heterocycles. The van der Waals surface area contributed by atoms with Gasteiger partial charge in [-0.2, -0.15) is 0 Å². The van der Waals surface area contributed by atoms with Crippen LogP contribution in [0, 0.1) is 23.7 Å². The van der Waals surface area contributed by atoms with Gasteiger partial charge in [-0.15, -0.1) is 11.3 Å². The Bertz CT molecular complexity index is 3920. The number of primary amides is 1. The van der Waals surface area contributed by atoms with Gasteiger partial charge < -0.3 is 91.8 Å². The quantitative estimate of drug-likeness (QED) is 0.0170. The van der Waals surface area contributed by atoms with Gasteiger partial charge in [0.15, 0.2) is 0 Å². The highest BCUT2D eigenvalue weighted by molar-refractivity contribution is 7.09. The summed E-state index contributed by atoms with van der Waals surface area (Å²) in [5, 5.41) is 27.2. The SMILES string of the molecule is CC[C@H](C)[C@@H]([C@@H](CC(=O)N1CCC[C@H]1[C@H](OC)[C@@H](C)C(=O)N[C@@H](Cc1ccccc1)c1nccs1)OC)N(C)C(=O)[C@@H](NC(=O)C(C)(C)NC(=O)OCc1ccc(NC(=O)[C@H](CCCNC(N)=O)NC(=O)[C@@H](NC(=O)[C@H](COCCOCCNC(=O)OCC2c3ccccc3-c3ccccc32)NC(C)=O)C(C)C)cc1)C(C)C. The standard InChI is InChI=1S/C82H115N13O17S/c1-14-51(6)70(66(107-12)45-67(97)95-39-23-31-65(95)71(108-13)52(7)72(98)90-63(76-84-38-43-113-76)44-54-24-16-15-17-25-54)94(11)77(102)69(50(4)5)92-78(103)82(9,10)93-81(106)111-46-55-32-34-56(35-33-55)88-73(99)62(30-22-36-85-79(83)104)89-75(101)68(49(2)3)91-74(100)64(87-53(8)96)48-110-42-41-109-40-37-86-80(105)112-47-61-59-28-20-18-26-57(59)58-27-19-21-29-60(58)61/h15-21,24-29,32-35,38,43,49-52,61-66,68-71H,14,22-23,30-31,36-37,39-42,44-48H2,1-13H3,(H,86,105)(H,87,96)(H,88,99)(H,89,101)(H,90,98)(H,91,100)(H,92,103)(H,93,106)(H3,83,85,104)/t51-,52+,62-,63-,64-,65-,66+,68-,69-,70-,71+/m0/s1. The fourth-order valence-electron chi connectivity index (χ4n) is 14.1. The average Bonchev–Trinajstić information content (AvgIpc) is 1.63. The Morgan fingerprint density at radius 2 is 1.34 bits per heavy atom. The monoisotopic (exact) mass is 1590 g/mol. The van der Waals surface area contributed by atoms with Crippen molar-refractivity contribution in [1.82, 2.24) is 57.3 Å². The van der Waals surface area contributed by atoms with Crippen molar-refractivity contribution in [1.29, 1.82) is 0 Å². The van der Waals surface area contributed by atoms with Gasteiger partial charge in [-0.3, -0.25) is 38.4 Å². The molecule has 0 radical (unpaired) electrons. The summed E-state index contributed by atoms with van der Waals surface area (Å²) in [6.07, 6.45) is 1.30. The van der Waals surface area contributed by atoms with Crippen molar-refractivity contribution < 1.29 is 81.2 Å². The third kappa shape index (κ3) is 26.5. The predicted octanol–water partition coefficient (Wildman–Crippen LogP) is 7.40. The molecule has 1 aliphatic carbocycles. The van der Waals surface area contributed by atoms with Crippen LogP contribution in [0.3, 0.4) is 0 Å². The lowest BCUT2D eigenvalue weighted by atomic mass is 9.89. The summed E-state index contributed by atoms with van der Waals surface area (Å²) in [6, 6.07) is 25.2. The van der Waals surface area contributed by atoms with E-state index in [0.29, 0.717) is 37.8 Å². The molecule has 2 heterocycles. The lowest BCUT2D eigenvalue weighted by Crippen LogP contribution is -2.62. The van der Waals surface area contributed by atoms with Crippen LogP contribution in [0.1, 0.15) is 147 Å². The first-order valence-electron chi connectivity index (χ1n) is 38.6. The van der Waals surface area contributed by atoms with Crippen LogP contribution in [0.4, 0.5) is 20.1 Å². The zero-order valence-electron chi connectivity index (χ0n) is 67.1. The predicted molar refractivity (Wildman–Crippen MR) is 426 cm³/mol. The largest absolute Gasteiger partial charge is 0.449 e. The summed E-state index contributed by atoms with van der Waals surface area (Å²) in [6.45, 7) is 17.3. The Balaban J connectivity index is 0.868. The minimum atomic E-state index is -1.62. The molecular formula is C82H115N13O17S. The van der Waals surface area contributed by atoms with Crippen LogP contribution in [0.2, 0.25) is 0 Å². The van der Waals surface area contributed by atoms with Gasteiger partial charge in [0, 0.05) is 71.0 Å². The summed E-state index contributed by atoms with van der Waals surface area (Å²) in [7, 11) is 4.68. The van der Waals surface area contributed by atoms with Crippen LogP contribution in [-0.4, -0.2) is 208 Å². The van der Waals surface area contributed by atoms with Gasteiger partial charge in [0.25, 0.3) is 0 Å².